The van der Waals surface area contributed by atoms with Crippen LogP contribution in [0.2, 0.25) is 0 Å². The molecule has 0 bridgehead atoms. The van der Waals surface area contributed by atoms with E-state index in [0.29, 0.717) is 22.7 Å². The third kappa shape index (κ3) is 3.91. The van der Waals surface area contributed by atoms with Crippen LogP contribution in [0.5, 0.6) is 11.6 Å². The molecule has 0 spiro atoms. The van der Waals surface area contributed by atoms with E-state index in [1.807, 2.05) is 39.0 Å². The van der Waals surface area contributed by atoms with Crippen LogP contribution >= 0.6 is 11.3 Å². The zero-order valence-electron chi connectivity index (χ0n) is 17.8. The highest BCUT2D eigenvalue weighted by molar-refractivity contribution is 7.21. The molecule has 0 atom stereocenters. The number of hydrogen-bond acceptors (Lipinski definition) is 8. The fourth-order valence-electron chi connectivity index (χ4n) is 3.01. The Balaban J connectivity index is 0.00000124. The molecule has 0 aliphatic carbocycles. The second kappa shape index (κ2) is 9.04. The van der Waals surface area contributed by atoms with Crippen LogP contribution < -0.4 is 9.47 Å². The zero-order valence-corrected chi connectivity index (χ0v) is 18.6. The van der Waals surface area contributed by atoms with E-state index in [2.05, 4.69) is 9.97 Å². The minimum atomic E-state index is -0.459. The molecule has 0 aliphatic heterocycles. The van der Waals surface area contributed by atoms with Gasteiger partial charge in [0.2, 0.25) is 5.88 Å². The van der Waals surface area contributed by atoms with Gasteiger partial charge in [-0.25, -0.2) is 19.7 Å². The quantitative estimate of drug-likeness (QED) is 0.423. The summed E-state index contributed by atoms with van der Waals surface area (Å²) < 4.78 is 16.2. The van der Waals surface area contributed by atoms with E-state index >= 15 is 0 Å². The number of fused-ring (bicyclic) bond motifs is 2. The first kappa shape index (κ1) is 21.4. The Morgan fingerprint density at radius 2 is 1.73 bits per heavy atom. The van der Waals surface area contributed by atoms with Gasteiger partial charge in [0, 0.05) is 5.56 Å². The van der Waals surface area contributed by atoms with Crippen molar-refractivity contribution in [1.29, 1.82) is 0 Å². The number of thiazole rings is 1. The number of ether oxygens (including phenoxy) is 3. The lowest BCUT2D eigenvalue weighted by molar-refractivity contribution is 0.0602. The van der Waals surface area contributed by atoms with E-state index in [4.69, 9.17) is 19.2 Å². The smallest absolute Gasteiger partial charge is 0.340 e. The molecule has 0 saturated heterocycles. The Labute approximate surface area is 178 Å². The molecule has 0 N–H and O–H groups in total. The highest BCUT2D eigenvalue weighted by Crippen LogP contribution is 2.37. The first-order valence-electron chi connectivity index (χ1n) is 9.42. The standard InChI is InChI=1S/C20H17N3O4S.C2H6/c1-10-5-12(17-14(6-10)22-16(26-3)9-21-17)19-23-18-13(20(24)27-4)7-11(25-2)8-15(18)28-19;1-2/h5-9H,1-4H3;1-2H3. The van der Waals surface area contributed by atoms with Crippen molar-refractivity contribution >= 4 is 38.6 Å². The lowest BCUT2D eigenvalue weighted by atomic mass is 10.1. The normalized spacial score (nSPS) is 10.5. The molecule has 2 aromatic carbocycles. The molecule has 0 amide bonds. The van der Waals surface area contributed by atoms with Crippen LogP contribution in [-0.4, -0.2) is 42.3 Å². The van der Waals surface area contributed by atoms with Gasteiger partial charge in [-0.05, 0) is 36.8 Å². The number of rotatable bonds is 4. The largest absolute Gasteiger partial charge is 0.497 e. The molecule has 4 rings (SSSR count). The molecular formula is C22H23N3O4S. The van der Waals surface area contributed by atoms with Gasteiger partial charge in [-0.1, -0.05) is 13.8 Å². The van der Waals surface area contributed by atoms with E-state index in [1.54, 1.807) is 26.5 Å². The van der Waals surface area contributed by atoms with Gasteiger partial charge in [0.1, 0.15) is 10.8 Å². The number of nitrogens with zero attached hydrogens (tertiary/aromatic N) is 3. The van der Waals surface area contributed by atoms with Gasteiger partial charge < -0.3 is 14.2 Å². The SMILES string of the molecule is CC.COC(=O)c1cc(OC)cc2sc(-c3cc(C)cc4nc(OC)cnc34)nc12. The van der Waals surface area contributed by atoms with Gasteiger partial charge in [-0.3, -0.25) is 0 Å². The lowest BCUT2D eigenvalue weighted by Crippen LogP contribution is -2.02. The summed E-state index contributed by atoms with van der Waals surface area (Å²) in [6.07, 6.45) is 1.58. The molecule has 0 aliphatic rings. The molecule has 0 fully saturated rings. The van der Waals surface area contributed by atoms with Gasteiger partial charge in [-0.15, -0.1) is 11.3 Å². The predicted octanol–water partition coefficient (Wildman–Crippen LogP) is 5.04. The van der Waals surface area contributed by atoms with Crippen LogP contribution in [0, 0.1) is 6.92 Å². The summed E-state index contributed by atoms with van der Waals surface area (Å²) in [5.74, 6) is 0.562. The van der Waals surface area contributed by atoms with Crippen LogP contribution in [0.1, 0.15) is 29.8 Å². The van der Waals surface area contributed by atoms with Gasteiger partial charge in [0.15, 0.2) is 0 Å². The lowest BCUT2D eigenvalue weighted by Gasteiger charge is -2.06. The predicted molar refractivity (Wildman–Crippen MR) is 119 cm³/mol. The summed E-state index contributed by atoms with van der Waals surface area (Å²) in [6.45, 7) is 5.99. The van der Waals surface area contributed by atoms with Crippen LogP contribution in [-0.2, 0) is 4.74 Å². The maximum atomic E-state index is 12.2. The van der Waals surface area contributed by atoms with Crippen LogP contribution in [0.3, 0.4) is 0 Å². The minimum absolute atomic E-state index is 0.365. The second-order valence-electron chi connectivity index (χ2n) is 6.12. The van der Waals surface area contributed by atoms with Crippen molar-refractivity contribution in [1.82, 2.24) is 15.0 Å². The van der Waals surface area contributed by atoms with Crippen molar-refractivity contribution in [2.75, 3.05) is 21.3 Å². The number of carbonyl (C=O) groups is 1. The molecule has 30 heavy (non-hydrogen) atoms. The highest BCUT2D eigenvalue weighted by Gasteiger charge is 2.19. The molecule has 0 unspecified atom stereocenters. The van der Waals surface area contributed by atoms with E-state index in [-0.39, 0.29) is 0 Å². The maximum absolute atomic E-state index is 12.2. The molecule has 7 nitrogen and oxygen atoms in total. The van der Waals surface area contributed by atoms with E-state index < -0.39 is 5.97 Å². The first-order chi connectivity index (χ1) is 14.5. The van der Waals surface area contributed by atoms with Gasteiger partial charge >= 0.3 is 5.97 Å². The minimum Gasteiger partial charge on any atom is -0.497 e. The van der Waals surface area contributed by atoms with E-state index in [9.17, 15) is 4.79 Å². The number of carbonyl (C=O) groups excluding carboxylic acids is 1. The van der Waals surface area contributed by atoms with Crippen LogP contribution in [0.4, 0.5) is 0 Å². The highest BCUT2D eigenvalue weighted by atomic mass is 32.1. The van der Waals surface area contributed by atoms with Crippen molar-refractivity contribution in [2.24, 2.45) is 0 Å². The van der Waals surface area contributed by atoms with Crippen LogP contribution in [0.25, 0.3) is 31.8 Å². The molecule has 0 saturated carbocycles. The summed E-state index contributed by atoms with van der Waals surface area (Å²) in [5, 5.41) is 0.738. The number of benzene rings is 2. The Morgan fingerprint density at radius 1 is 0.967 bits per heavy atom. The van der Waals surface area contributed by atoms with Crippen molar-refractivity contribution in [3.63, 3.8) is 0 Å². The third-order valence-corrected chi connectivity index (χ3v) is 5.35. The summed E-state index contributed by atoms with van der Waals surface area (Å²) in [5.41, 5.74) is 4.25. The Kier molecular flexibility index (Phi) is 6.47. The Bertz CT molecular complexity index is 1220. The summed E-state index contributed by atoms with van der Waals surface area (Å²) in [4.78, 5) is 25.9. The van der Waals surface area contributed by atoms with E-state index in [1.165, 1.54) is 18.4 Å². The topological polar surface area (TPSA) is 83.4 Å². The molecular weight excluding hydrogens is 402 g/mol. The zero-order chi connectivity index (χ0) is 21.8. The summed E-state index contributed by atoms with van der Waals surface area (Å²) >= 11 is 1.46. The van der Waals surface area contributed by atoms with Gasteiger partial charge in [0.05, 0.1) is 54.3 Å². The summed E-state index contributed by atoms with van der Waals surface area (Å²) in [6, 6.07) is 7.45. The molecule has 8 heteroatoms. The summed E-state index contributed by atoms with van der Waals surface area (Å²) in [7, 11) is 4.46. The average Bonchev–Trinajstić information content (AvgIpc) is 3.22. The number of methoxy groups -OCH3 is 3. The average molecular weight is 426 g/mol. The van der Waals surface area contributed by atoms with Gasteiger partial charge in [0.25, 0.3) is 0 Å². The molecule has 2 aromatic heterocycles. The van der Waals surface area contributed by atoms with Crippen molar-refractivity contribution in [3.8, 4) is 22.2 Å². The van der Waals surface area contributed by atoms with Crippen molar-refractivity contribution in [2.45, 2.75) is 20.8 Å². The monoisotopic (exact) mass is 425 g/mol. The Hall–Kier alpha value is -3.26. The first-order valence-corrected chi connectivity index (χ1v) is 10.2. The van der Waals surface area contributed by atoms with Crippen LogP contribution in [0.15, 0.2) is 30.5 Å². The fourth-order valence-corrected chi connectivity index (χ4v) is 4.05. The van der Waals surface area contributed by atoms with Crippen molar-refractivity contribution in [3.05, 3.63) is 41.6 Å². The number of aryl methyl sites for hydroxylation is 1. The number of esters is 1. The third-order valence-electron chi connectivity index (χ3n) is 4.32. The number of aromatic nitrogens is 3. The molecule has 4 aromatic rings. The molecule has 0 radical (unpaired) electrons. The van der Waals surface area contributed by atoms with Gasteiger partial charge in [-0.2, -0.15) is 0 Å². The fraction of sp³-hybridized carbons (Fsp3) is 0.273. The van der Waals surface area contributed by atoms with Crippen molar-refractivity contribution < 1.29 is 19.0 Å². The molecule has 2 heterocycles. The van der Waals surface area contributed by atoms with E-state index in [0.717, 1.165) is 31.9 Å². The second-order valence-corrected chi connectivity index (χ2v) is 7.16. The molecule has 156 valence electrons. The number of hydrogen-bond donors (Lipinski definition) is 0. The maximum Gasteiger partial charge on any atom is 0.340 e. The Morgan fingerprint density at radius 3 is 2.40 bits per heavy atom.